The molecule has 2 aromatic rings. The number of carbonyl (C=O) groups is 2. The molecule has 2 saturated heterocycles. The molecule has 0 bridgehead atoms. The van der Waals surface area contributed by atoms with Gasteiger partial charge in [0.25, 0.3) is 0 Å². The van der Waals surface area contributed by atoms with Crippen molar-refractivity contribution in [1.29, 1.82) is 0 Å². The van der Waals surface area contributed by atoms with Gasteiger partial charge in [0.05, 0.1) is 0 Å². The van der Waals surface area contributed by atoms with E-state index in [4.69, 9.17) is 16.1 Å². The van der Waals surface area contributed by atoms with Crippen molar-refractivity contribution in [2.24, 2.45) is 5.41 Å². The average Bonchev–Trinajstić information content (AvgIpc) is 3.21. The molecule has 0 aliphatic carbocycles. The highest BCUT2D eigenvalue weighted by atomic mass is 35.5. The molecule has 26 heavy (non-hydrogen) atoms. The molecule has 0 unspecified atom stereocenters. The number of anilines is 1. The monoisotopic (exact) mass is 375 g/mol. The number of halogens is 1. The van der Waals surface area contributed by atoms with E-state index in [9.17, 15) is 14.7 Å². The summed E-state index contributed by atoms with van der Waals surface area (Å²) in [6.07, 6.45) is 2.17. The first-order chi connectivity index (χ1) is 12.5. The standard InChI is InChI=1S/C18H18ClN3O4/c19-12-3-1-11(2-4-12)15-14(17(24)25)16(21-26-15)22-7-5-18(6-8-22)9-13(23)20-10-18/h1-4H,5-10H2,(H,20,23)(H,24,25). The SMILES string of the molecule is O=C1CC2(CCN(c3noc(-c4ccc(Cl)cc4)c3C(=O)O)CC2)CN1. The molecular weight excluding hydrogens is 358 g/mol. The van der Waals surface area contributed by atoms with Gasteiger partial charge < -0.3 is 19.8 Å². The number of carboxylic acids is 1. The number of hydrogen-bond acceptors (Lipinski definition) is 5. The normalized spacial score (nSPS) is 19.0. The van der Waals surface area contributed by atoms with Crippen molar-refractivity contribution in [3.8, 4) is 11.3 Å². The van der Waals surface area contributed by atoms with Crippen molar-refractivity contribution >= 4 is 29.3 Å². The lowest BCUT2D eigenvalue weighted by molar-refractivity contribution is -0.119. The van der Waals surface area contributed by atoms with Gasteiger partial charge in [-0.05, 0) is 42.5 Å². The first-order valence-corrected chi connectivity index (χ1v) is 8.86. The maximum absolute atomic E-state index is 11.9. The highest BCUT2D eigenvalue weighted by Crippen LogP contribution is 2.40. The lowest BCUT2D eigenvalue weighted by Crippen LogP contribution is -2.41. The van der Waals surface area contributed by atoms with Gasteiger partial charge in [-0.2, -0.15) is 0 Å². The Bertz CT molecular complexity index is 854. The van der Waals surface area contributed by atoms with Gasteiger partial charge in [0.2, 0.25) is 5.91 Å². The van der Waals surface area contributed by atoms with Gasteiger partial charge in [0.15, 0.2) is 17.1 Å². The Labute approximate surface area is 154 Å². The zero-order valence-corrected chi connectivity index (χ0v) is 14.8. The van der Waals surface area contributed by atoms with Crippen LogP contribution in [0.5, 0.6) is 0 Å². The number of rotatable bonds is 3. The lowest BCUT2D eigenvalue weighted by atomic mass is 9.77. The van der Waals surface area contributed by atoms with Crippen molar-refractivity contribution < 1.29 is 19.2 Å². The van der Waals surface area contributed by atoms with E-state index < -0.39 is 5.97 Å². The van der Waals surface area contributed by atoms with Gasteiger partial charge >= 0.3 is 5.97 Å². The van der Waals surface area contributed by atoms with E-state index >= 15 is 0 Å². The fourth-order valence-electron chi connectivity index (χ4n) is 3.79. The molecule has 0 radical (unpaired) electrons. The molecule has 2 N–H and O–H groups in total. The molecule has 1 amide bonds. The summed E-state index contributed by atoms with van der Waals surface area (Å²) >= 11 is 5.90. The predicted octanol–water partition coefficient (Wildman–Crippen LogP) is 2.80. The van der Waals surface area contributed by atoms with Gasteiger partial charge in [-0.3, -0.25) is 4.79 Å². The number of nitrogens with one attached hydrogen (secondary N) is 1. The van der Waals surface area contributed by atoms with Crippen LogP contribution >= 0.6 is 11.6 Å². The molecule has 2 aliphatic rings. The number of hydrogen-bond donors (Lipinski definition) is 2. The Balaban J connectivity index is 1.60. The maximum Gasteiger partial charge on any atom is 0.343 e. The molecule has 3 heterocycles. The zero-order chi connectivity index (χ0) is 18.3. The highest BCUT2D eigenvalue weighted by molar-refractivity contribution is 6.30. The minimum absolute atomic E-state index is 0.0142. The van der Waals surface area contributed by atoms with Gasteiger partial charge in [-0.15, -0.1) is 0 Å². The Kier molecular flexibility index (Phi) is 4.11. The Hall–Kier alpha value is -2.54. The molecule has 1 spiro atoms. The summed E-state index contributed by atoms with van der Waals surface area (Å²) in [4.78, 5) is 25.4. The average molecular weight is 376 g/mol. The topological polar surface area (TPSA) is 95.7 Å². The Morgan fingerprint density at radius 3 is 2.54 bits per heavy atom. The Morgan fingerprint density at radius 2 is 1.96 bits per heavy atom. The molecule has 2 aliphatic heterocycles. The molecule has 1 aromatic carbocycles. The fourth-order valence-corrected chi connectivity index (χ4v) is 3.91. The van der Waals surface area contributed by atoms with Gasteiger partial charge in [0.1, 0.15) is 0 Å². The van der Waals surface area contributed by atoms with Crippen LogP contribution in [0.15, 0.2) is 28.8 Å². The summed E-state index contributed by atoms with van der Waals surface area (Å²) in [5, 5.41) is 17.2. The van der Waals surface area contributed by atoms with E-state index in [1.165, 1.54) is 0 Å². The number of piperidine rings is 1. The fraction of sp³-hybridized carbons (Fsp3) is 0.389. The minimum atomic E-state index is -1.08. The van der Waals surface area contributed by atoms with Crippen molar-refractivity contribution in [2.45, 2.75) is 19.3 Å². The molecule has 8 heteroatoms. The predicted molar refractivity (Wildman–Crippen MR) is 95.4 cm³/mol. The van der Waals surface area contributed by atoms with E-state index in [0.717, 1.165) is 12.8 Å². The molecule has 7 nitrogen and oxygen atoms in total. The van der Waals surface area contributed by atoms with Crippen LogP contribution in [-0.4, -0.2) is 41.8 Å². The molecular formula is C18H18ClN3O4. The third-order valence-electron chi connectivity index (χ3n) is 5.31. The van der Waals surface area contributed by atoms with E-state index in [2.05, 4.69) is 10.5 Å². The second-order valence-corrected chi connectivity index (χ2v) is 7.40. The lowest BCUT2D eigenvalue weighted by Gasteiger charge is -2.38. The van der Waals surface area contributed by atoms with E-state index in [1.807, 2.05) is 4.90 Å². The van der Waals surface area contributed by atoms with Gasteiger partial charge in [-0.1, -0.05) is 16.8 Å². The molecule has 2 fully saturated rings. The first-order valence-electron chi connectivity index (χ1n) is 8.48. The molecule has 136 valence electrons. The second kappa shape index (κ2) is 6.32. The number of aromatic nitrogens is 1. The smallest absolute Gasteiger partial charge is 0.343 e. The van der Waals surface area contributed by atoms with Crippen molar-refractivity contribution in [3.63, 3.8) is 0 Å². The zero-order valence-electron chi connectivity index (χ0n) is 14.0. The van der Waals surface area contributed by atoms with E-state index in [0.29, 0.717) is 42.5 Å². The summed E-state index contributed by atoms with van der Waals surface area (Å²) in [6.45, 7) is 1.98. The summed E-state index contributed by atoms with van der Waals surface area (Å²) in [5.74, 6) is -0.419. The largest absolute Gasteiger partial charge is 0.477 e. The van der Waals surface area contributed by atoms with Gasteiger partial charge in [0, 0.05) is 36.6 Å². The second-order valence-electron chi connectivity index (χ2n) is 6.96. The maximum atomic E-state index is 11.9. The summed E-state index contributed by atoms with van der Waals surface area (Å²) in [6, 6.07) is 6.78. The minimum Gasteiger partial charge on any atom is -0.477 e. The van der Waals surface area contributed by atoms with Crippen LogP contribution in [0.1, 0.15) is 29.6 Å². The van der Waals surface area contributed by atoms with Crippen molar-refractivity contribution in [1.82, 2.24) is 10.5 Å². The Morgan fingerprint density at radius 1 is 1.27 bits per heavy atom. The number of aromatic carboxylic acids is 1. The van der Waals surface area contributed by atoms with Crippen LogP contribution in [0.25, 0.3) is 11.3 Å². The molecule has 4 rings (SSSR count). The van der Waals surface area contributed by atoms with Crippen molar-refractivity contribution in [3.05, 3.63) is 34.9 Å². The van der Waals surface area contributed by atoms with Crippen LogP contribution in [0.4, 0.5) is 5.82 Å². The van der Waals surface area contributed by atoms with E-state index in [-0.39, 0.29) is 22.6 Å². The van der Waals surface area contributed by atoms with Crippen LogP contribution in [0.2, 0.25) is 5.02 Å². The summed E-state index contributed by atoms with van der Waals surface area (Å²) in [5.41, 5.74) is 0.660. The third kappa shape index (κ3) is 2.92. The third-order valence-corrected chi connectivity index (χ3v) is 5.57. The molecule has 1 aromatic heterocycles. The van der Waals surface area contributed by atoms with Crippen molar-refractivity contribution in [2.75, 3.05) is 24.5 Å². The van der Waals surface area contributed by atoms with E-state index in [1.54, 1.807) is 24.3 Å². The van der Waals surface area contributed by atoms with Crippen LogP contribution in [0.3, 0.4) is 0 Å². The van der Waals surface area contributed by atoms with Crippen LogP contribution in [0, 0.1) is 5.41 Å². The molecule has 0 saturated carbocycles. The van der Waals surface area contributed by atoms with Crippen LogP contribution < -0.4 is 10.2 Å². The summed E-state index contributed by atoms with van der Waals surface area (Å²) in [7, 11) is 0. The highest BCUT2D eigenvalue weighted by Gasteiger charge is 2.42. The number of amides is 1. The van der Waals surface area contributed by atoms with Crippen LogP contribution in [-0.2, 0) is 4.79 Å². The number of carbonyl (C=O) groups excluding carboxylic acids is 1. The number of carboxylic acid groups (broad SMARTS) is 1. The number of benzene rings is 1. The summed E-state index contributed by atoms with van der Waals surface area (Å²) < 4.78 is 5.39. The number of nitrogens with zero attached hydrogens (tertiary/aromatic N) is 2. The first kappa shape index (κ1) is 16.9. The quantitative estimate of drug-likeness (QED) is 0.856. The van der Waals surface area contributed by atoms with Gasteiger partial charge in [-0.25, -0.2) is 4.79 Å². The molecule has 0 atom stereocenters.